The third-order valence-corrected chi connectivity index (χ3v) is 6.09. The van der Waals surface area contributed by atoms with Crippen LogP contribution >= 0.6 is 35.6 Å². The van der Waals surface area contributed by atoms with Crippen LogP contribution in [0.5, 0.6) is 0 Å². The third kappa shape index (κ3) is 7.45. The Balaban J connectivity index is 0.00000300. The van der Waals surface area contributed by atoms with Crippen molar-refractivity contribution in [3.8, 4) is 0 Å². The van der Waals surface area contributed by atoms with Gasteiger partial charge in [0.05, 0.1) is 0 Å². The van der Waals surface area contributed by atoms with Crippen molar-refractivity contribution in [3.63, 3.8) is 0 Å². The molecule has 0 saturated carbocycles. The summed E-state index contributed by atoms with van der Waals surface area (Å²) < 4.78 is 0. The van der Waals surface area contributed by atoms with Crippen LogP contribution in [-0.2, 0) is 0 Å². The molecule has 2 saturated heterocycles. The average Bonchev–Trinajstić information content (AvgIpc) is 2.73. The quantitative estimate of drug-likeness (QED) is 0.346. The lowest BCUT2D eigenvalue weighted by Gasteiger charge is -2.37. The van der Waals surface area contributed by atoms with E-state index < -0.39 is 0 Å². The zero-order chi connectivity index (χ0) is 19.9. The van der Waals surface area contributed by atoms with Gasteiger partial charge in [0.15, 0.2) is 5.96 Å². The third-order valence-electron chi connectivity index (χ3n) is 5.84. The Morgan fingerprint density at radius 1 is 1.00 bits per heavy atom. The second-order valence-corrected chi connectivity index (χ2v) is 8.43. The molecule has 0 radical (unpaired) electrons. The summed E-state index contributed by atoms with van der Waals surface area (Å²) in [5, 5.41) is 0.778. The molecule has 8 heteroatoms. The molecular formula is C21H36ClIN6. The number of hydrogen-bond donors (Lipinski definition) is 1. The smallest absolute Gasteiger partial charge is 0.191 e. The number of nitrogens with two attached hydrogens (primary N) is 1. The molecule has 0 bridgehead atoms. The van der Waals surface area contributed by atoms with Gasteiger partial charge in [-0.2, -0.15) is 0 Å². The minimum Gasteiger partial charge on any atom is -0.370 e. The van der Waals surface area contributed by atoms with E-state index >= 15 is 0 Å². The lowest BCUT2D eigenvalue weighted by atomic mass is 10.1. The van der Waals surface area contributed by atoms with Crippen molar-refractivity contribution >= 4 is 47.2 Å². The van der Waals surface area contributed by atoms with Gasteiger partial charge in [-0.3, -0.25) is 4.99 Å². The zero-order valence-corrected chi connectivity index (χ0v) is 20.9. The molecule has 2 heterocycles. The predicted octanol–water partition coefficient (Wildman–Crippen LogP) is 2.67. The van der Waals surface area contributed by atoms with Gasteiger partial charge < -0.3 is 25.3 Å². The number of guanidine groups is 1. The summed E-state index contributed by atoms with van der Waals surface area (Å²) in [5.41, 5.74) is 7.51. The first-order valence-corrected chi connectivity index (χ1v) is 10.9. The van der Waals surface area contributed by atoms with Gasteiger partial charge in [-0.05, 0) is 36.7 Å². The molecule has 2 N–H and O–H groups in total. The van der Waals surface area contributed by atoms with Crippen molar-refractivity contribution in [2.75, 3.05) is 76.9 Å². The van der Waals surface area contributed by atoms with Crippen LogP contribution in [0.25, 0.3) is 0 Å². The van der Waals surface area contributed by atoms with Crippen LogP contribution in [0.2, 0.25) is 5.02 Å². The van der Waals surface area contributed by atoms with E-state index in [2.05, 4.69) is 45.6 Å². The fourth-order valence-electron chi connectivity index (χ4n) is 3.98. The number of aliphatic imine (C=N–C) groups is 1. The molecule has 0 amide bonds. The molecule has 1 aromatic rings. The van der Waals surface area contributed by atoms with Gasteiger partial charge in [0.2, 0.25) is 0 Å². The Morgan fingerprint density at radius 3 is 2.17 bits per heavy atom. The normalized spacial score (nSPS) is 20.4. The second-order valence-electron chi connectivity index (χ2n) is 7.99. The van der Waals surface area contributed by atoms with Crippen molar-refractivity contribution in [2.45, 2.75) is 13.8 Å². The van der Waals surface area contributed by atoms with E-state index in [0.29, 0.717) is 11.9 Å². The molecule has 0 aromatic heterocycles. The van der Waals surface area contributed by atoms with Crippen molar-refractivity contribution < 1.29 is 0 Å². The largest absolute Gasteiger partial charge is 0.370 e. The Morgan fingerprint density at radius 2 is 1.59 bits per heavy atom. The molecule has 2 fully saturated rings. The van der Waals surface area contributed by atoms with E-state index in [1.807, 2.05) is 12.1 Å². The second kappa shape index (κ2) is 12.2. The molecule has 6 nitrogen and oxygen atoms in total. The Labute approximate surface area is 198 Å². The van der Waals surface area contributed by atoms with Crippen molar-refractivity contribution in [1.29, 1.82) is 0 Å². The van der Waals surface area contributed by atoms with Crippen LogP contribution in [0.1, 0.15) is 13.8 Å². The number of halogens is 2. The first-order valence-electron chi connectivity index (χ1n) is 10.5. The average molecular weight is 535 g/mol. The fourth-order valence-corrected chi connectivity index (χ4v) is 4.11. The highest BCUT2D eigenvalue weighted by Crippen LogP contribution is 2.19. The number of nitrogens with zero attached hydrogens (tertiary/aromatic N) is 5. The molecule has 0 spiro atoms. The summed E-state index contributed by atoms with van der Waals surface area (Å²) in [4.78, 5) is 14.4. The maximum Gasteiger partial charge on any atom is 0.191 e. The molecule has 2 aliphatic heterocycles. The van der Waals surface area contributed by atoms with Crippen LogP contribution in [0.4, 0.5) is 5.69 Å². The molecule has 1 unspecified atom stereocenters. The van der Waals surface area contributed by atoms with E-state index in [-0.39, 0.29) is 24.0 Å². The number of rotatable bonds is 6. The van der Waals surface area contributed by atoms with Gasteiger partial charge >= 0.3 is 0 Å². The Kier molecular flexibility index (Phi) is 10.3. The summed E-state index contributed by atoms with van der Waals surface area (Å²) >= 11 is 5.99. The first-order chi connectivity index (χ1) is 13.5. The molecule has 3 rings (SSSR count). The SMILES string of the molecule is CCN1CCN(CC(C)CN=C(N)N2CCN(c3ccc(Cl)cc3)CC2)CC1.I. The number of benzene rings is 1. The van der Waals surface area contributed by atoms with E-state index in [4.69, 9.17) is 22.3 Å². The molecule has 0 aliphatic carbocycles. The minimum absolute atomic E-state index is 0. The topological polar surface area (TPSA) is 51.3 Å². The van der Waals surface area contributed by atoms with Gasteiger partial charge in [0.25, 0.3) is 0 Å². The van der Waals surface area contributed by atoms with E-state index in [1.165, 1.54) is 31.9 Å². The van der Waals surface area contributed by atoms with Gasteiger partial charge in [-0.1, -0.05) is 25.4 Å². The summed E-state index contributed by atoms with van der Waals surface area (Å²) in [6.45, 7) is 16.0. The lowest BCUT2D eigenvalue weighted by molar-refractivity contribution is 0.125. The summed E-state index contributed by atoms with van der Waals surface area (Å²) in [6, 6.07) is 8.06. The predicted molar refractivity (Wildman–Crippen MR) is 135 cm³/mol. The van der Waals surface area contributed by atoms with Gasteiger partial charge in [-0.25, -0.2) is 0 Å². The Bertz CT molecular complexity index is 625. The lowest BCUT2D eigenvalue weighted by Crippen LogP contribution is -2.51. The van der Waals surface area contributed by atoms with E-state index in [9.17, 15) is 0 Å². The maximum atomic E-state index is 6.29. The van der Waals surface area contributed by atoms with Crippen LogP contribution in [0.15, 0.2) is 29.3 Å². The first kappa shape index (κ1) is 24.5. The molecule has 2 aliphatic rings. The highest BCUT2D eigenvalue weighted by atomic mass is 127. The van der Waals surface area contributed by atoms with Crippen LogP contribution in [0.3, 0.4) is 0 Å². The molecule has 1 aromatic carbocycles. The van der Waals surface area contributed by atoms with E-state index in [0.717, 1.165) is 50.8 Å². The van der Waals surface area contributed by atoms with Crippen molar-refractivity contribution in [2.24, 2.45) is 16.6 Å². The molecule has 29 heavy (non-hydrogen) atoms. The van der Waals surface area contributed by atoms with Crippen LogP contribution < -0.4 is 10.6 Å². The Hall–Kier alpha value is -0.770. The summed E-state index contributed by atoms with van der Waals surface area (Å²) in [5.74, 6) is 1.22. The number of piperazine rings is 2. The van der Waals surface area contributed by atoms with E-state index in [1.54, 1.807) is 0 Å². The fraction of sp³-hybridized carbons (Fsp3) is 0.667. The van der Waals surface area contributed by atoms with Gasteiger partial charge in [0.1, 0.15) is 0 Å². The zero-order valence-electron chi connectivity index (χ0n) is 17.8. The highest BCUT2D eigenvalue weighted by molar-refractivity contribution is 14.0. The standard InChI is InChI=1S/C21H35ClN6.HI/c1-3-25-8-10-26(11-9-25)17-18(2)16-24-21(23)28-14-12-27(13-15-28)20-6-4-19(22)5-7-20;/h4-7,18H,3,8-17H2,1-2H3,(H2,23,24);1H. The molecule has 1 atom stereocenters. The van der Waals surface area contributed by atoms with Crippen molar-refractivity contribution in [1.82, 2.24) is 14.7 Å². The van der Waals surface area contributed by atoms with Crippen molar-refractivity contribution in [3.05, 3.63) is 29.3 Å². The number of hydrogen-bond acceptors (Lipinski definition) is 4. The van der Waals surface area contributed by atoms with Gasteiger partial charge in [0, 0.05) is 76.2 Å². The maximum absolute atomic E-state index is 6.29. The summed E-state index contributed by atoms with van der Waals surface area (Å²) in [7, 11) is 0. The highest BCUT2D eigenvalue weighted by Gasteiger charge is 2.20. The summed E-state index contributed by atoms with van der Waals surface area (Å²) in [6.07, 6.45) is 0. The number of likely N-dealkylation sites (N-methyl/N-ethyl adjacent to an activating group) is 1. The van der Waals surface area contributed by atoms with Gasteiger partial charge in [-0.15, -0.1) is 24.0 Å². The monoisotopic (exact) mass is 534 g/mol. The van der Waals surface area contributed by atoms with Crippen LogP contribution in [-0.4, -0.2) is 92.7 Å². The van der Waals surface area contributed by atoms with Crippen LogP contribution in [0, 0.1) is 5.92 Å². The minimum atomic E-state index is 0. The number of anilines is 1. The molecule has 164 valence electrons. The molecular weight excluding hydrogens is 499 g/mol.